The molecule has 0 aliphatic rings. The van der Waals surface area contributed by atoms with Crippen molar-refractivity contribution in [1.29, 1.82) is 0 Å². The van der Waals surface area contributed by atoms with Crippen LogP contribution < -0.4 is 4.72 Å². The summed E-state index contributed by atoms with van der Waals surface area (Å²) in [5, 5.41) is 9.09. The van der Waals surface area contributed by atoms with E-state index in [9.17, 15) is 8.42 Å². The van der Waals surface area contributed by atoms with Crippen molar-refractivity contribution in [3.05, 3.63) is 28.2 Å². The molecule has 0 atom stereocenters. The maximum atomic E-state index is 12.2. The van der Waals surface area contributed by atoms with Gasteiger partial charge in [0.2, 0.25) is 10.0 Å². The Morgan fingerprint density at radius 3 is 2.60 bits per heavy atom. The van der Waals surface area contributed by atoms with E-state index in [4.69, 9.17) is 5.11 Å². The Balaban J connectivity index is 2.64. The SMILES string of the molecule is CC(C)CCCCNS(=O)(=O)c1cc(CO)ccc1Br. The van der Waals surface area contributed by atoms with Crippen LogP contribution in [0.5, 0.6) is 0 Å². The molecule has 6 heteroatoms. The summed E-state index contributed by atoms with van der Waals surface area (Å²) in [5.74, 6) is 0.641. The van der Waals surface area contributed by atoms with Crippen molar-refractivity contribution in [2.75, 3.05) is 6.54 Å². The van der Waals surface area contributed by atoms with Crippen LogP contribution >= 0.6 is 15.9 Å². The number of benzene rings is 1. The molecule has 114 valence electrons. The lowest BCUT2D eigenvalue weighted by Crippen LogP contribution is -2.25. The van der Waals surface area contributed by atoms with Crippen LogP contribution in [0.3, 0.4) is 0 Å². The zero-order valence-electron chi connectivity index (χ0n) is 11.9. The van der Waals surface area contributed by atoms with Crippen molar-refractivity contribution >= 4 is 26.0 Å². The molecule has 1 aromatic rings. The number of aliphatic hydroxyl groups is 1. The normalized spacial score (nSPS) is 12.1. The molecule has 0 fully saturated rings. The van der Waals surface area contributed by atoms with Gasteiger partial charge in [0.05, 0.1) is 11.5 Å². The second-order valence-corrected chi connectivity index (χ2v) is 7.80. The van der Waals surface area contributed by atoms with Gasteiger partial charge in [-0.15, -0.1) is 0 Å². The molecule has 0 amide bonds. The van der Waals surface area contributed by atoms with Gasteiger partial charge < -0.3 is 5.11 Å². The fraction of sp³-hybridized carbons (Fsp3) is 0.571. The predicted octanol–water partition coefficient (Wildman–Crippen LogP) is 3.05. The average molecular weight is 364 g/mol. The third kappa shape index (κ3) is 5.52. The molecule has 0 aliphatic heterocycles. The first-order valence-electron chi connectivity index (χ1n) is 6.75. The molecule has 0 aliphatic carbocycles. The van der Waals surface area contributed by atoms with E-state index < -0.39 is 10.0 Å². The van der Waals surface area contributed by atoms with Gasteiger partial charge in [-0.2, -0.15) is 0 Å². The van der Waals surface area contributed by atoms with Crippen LogP contribution in [-0.2, 0) is 16.6 Å². The third-order valence-corrected chi connectivity index (χ3v) is 5.42. The first kappa shape index (κ1) is 17.6. The van der Waals surface area contributed by atoms with E-state index in [1.807, 2.05) is 0 Å². The number of sulfonamides is 1. The zero-order valence-corrected chi connectivity index (χ0v) is 14.3. The van der Waals surface area contributed by atoms with Gasteiger partial charge in [-0.25, -0.2) is 13.1 Å². The van der Waals surface area contributed by atoms with E-state index in [2.05, 4.69) is 34.5 Å². The van der Waals surface area contributed by atoms with Gasteiger partial charge in [-0.3, -0.25) is 0 Å². The lowest BCUT2D eigenvalue weighted by Gasteiger charge is -2.10. The minimum Gasteiger partial charge on any atom is -0.392 e. The third-order valence-electron chi connectivity index (χ3n) is 2.97. The highest BCUT2D eigenvalue weighted by Gasteiger charge is 2.17. The van der Waals surface area contributed by atoms with Gasteiger partial charge in [0.15, 0.2) is 0 Å². The van der Waals surface area contributed by atoms with Gasteiger partial charge >= 0.3 is 0 Å². The summed E-state index contributed by atoms with van der Waals surface area (Å²) in [6, 6.07) is 4.81. The molecule has 1 rings (SSSR count). The van der Waals surface area contributed by atoms with E-state index in [0.717, 1.165) is 19.3 Å². The van der Waals surface area contributed by atoms with E-state index in [1.54, 1.807) is 12.1 Å². The summed E-state index contributed by atoms with van der Waals surface area (Å²) < 4.78 is 27.5. The van der Waals surface area contributed by atoms with Crippen molar-refractivity contribution < 1.29 is 13.5 Å². The van der Waals surface area contributed by atoms with E-state index in [0.29, 0.717) is 22.5 Å². The number of aliphatic hydroxyl groups excluding tert-OH is 1. The van der Waals surface area contributed by atoms with Gasteiger partial charge in [0.1, 0.15) is 0 Å². The minimum atomic E-state index is -3.53. The van der Waals surface area contributed by atoms with Crippen LogP contribution in [-0.4, -0.2) is 20.1 Å². The molecule has 0 heterocycles. The summed E-state index contributed by atoms with van der Waals surface area (Å²) >= 11 is 3.24. The Kier molecular flexibility index (Phi) is 7.15. The minimum absolute atomic E-state index is 0.174. The molecule has 4 nitrogen and oxygen atoms in total. The van der Waals surface area contributed by atoms with Gasteiger partial charge in [0, 0.05) is 11.0 Å². The fourth-order valence-corrected chi connectivity index (χ4v) is 3.90. The van der Waals surface area contributed by atoms with E-state index >= 15 is 0 Å². The number of halogens is 1. The molecule has 0 saturated heterocycles. The van der Waals surface area contributed by atoms with E-state index in [1.165, 1.54) is 6.07 Å². The second-order valence-electron chi connectivity index (χ2n) is 5.21. The molecular weight excluding hydrogens is 342 g/mol. The first-order valence-corrected chi connectivity index (χ1v) is 9.03. The molecule has 0 unspecified atom stereocenters. The van der Waals surface area contributed by atoms with E-state index in [-0.39, 0.29) is 11.5 Å². The molecule has 0 saturated carbocycles. The van der Waals surface area contributed by atoms with Gasteiger partial charge in [0.25, 0.3) is 0 Å². The van der Waals surface area contributed by atoms with Crippen molar-refractivity contribution in [2.45, 2.75) is 44.6 Å². The highest BCUT2D eigenvalue weighted by Crippen LogP contribution is 2.23. The van der Waals surface area contributed by atoms with Crippen molar-refractivity contribution in [3.8, 4) is 0 Å². The Bertz CT molecular complexity index is 529. The van der Waals surface area contributed by atoms with Crippen molar-refractivity contribution in [3.63, 3.8) is 0 Å². The number of rotatable bonds is 8. The quantitative estimate of drug-likeness (QED) is 0.697. The standard InChI is InChI=1S/C14H22BrNO3S/c1-11(2)5-3-4-8-16-20(18,19)14-9-12(10-17)6-7-13(14)15/h6-7,9,11,16-17H,3-5,8,10H2,1-2H3. The lowest BCUT2D eigenvalue weighted by molar-refractivity contribution is 0.281. The maximum absolute atomic E-state index is 12.2. The van der Waals surface area contributed by atoms with Crippen LogP contribution in [0, 0.1) is 5.92 Å². The van der Waals surface area contributed by atoms with Crippen LogP contribution in [0.4, 0.5) is 0 Å². The monoisotopic (exact) mass is 363 g/mol. The van der Waals surface area contributed by atoms with Crippen LogP contribution in [0.1, 0.15) is 38.7 Å². The largest absolute Gasteiger partial charge is 0.392 e. The summed E-state index contributed by atoms with van der Waals surface area (Å²) in [4.78, 5) is 0.174. The summed E-state index contributed by atoms with van der Waals surface area (Å²) in [5.41, 5.74) is 0.577. The molecule has 0 bridgehead atoms. The highest BCUT2D eigenvalue weighted by molar-refractivity contribution is 9.10. The summed E-state index contributed by atoms with van der Waals surface area (Å²) in [6.07, 6.45) is 2.94. The Hall–Kier alpha value is -0.430. The highest BCUT2D eigenvalue weighted by atomic mass is 79.9. The molecule has 0 radical (unpaired) electrons. The average Bonchev–Trinajstić information content (AvgIpc) is 2.38. The van der Waals surface area contributed by atoms with Crippen LogP contribution in [0.25, 0.3) is 0 Å². The fourth-order valence-electron chi connectivity index (χ4n) is 1.81. The molecule has 1 aromatic carbocycles. The molecular formula is C14H22BrNO3S. The molecule has 0 spiro atoms. The Morgan fingerprint density at radius 1 is 1.30 bits per heavy atom. The molecule has 0 aromatic heterocycles. The topological polar surface area (TPSA) is 66.4 Å². The Morgan fingerprint density at radius 2 is 2.00 bits per heavy atom. The summed E-state index contributed by atoms with van der Waals surface area (Å²) in [7, 11) is -3.53. The first-order chi connectivity index (χ1) is 9.36. The number of hydrogen-bond donors (Lipinski definition) is 2. The van der Waals surface area contributed by atoms with Crippen LogP contribution in [0.2, 0.25) is 0 Å². The Labute approximate surface area is 129 Å². The van der Waals surface area contributed by atoms with Crippen molar-refractivity contribution in [2.24, 2.45) is 5.92 Å². The van der Waals surface area contributed by atoms with Crippen molar-refractivity contribution in [1.82, 2.24) is 4.72 Å². The molecule has 20 heavy (non-hydrogen) atoms. The number of unbranched alkanes of at least 4 members (excludes halogenated alkanes) is 1. The predicted molar refractivity (Wildman–Crippen MR) is 83.9 cm³/mol. The smallest absolute Gasteiger partial charge is 0.241 e. The zero-order chi connectivity index (χ0) is 15.2. The summed E-state index contributed by atoms with van der Waals surface area (Å²) in [6.45, 7) is 4.57. The van der Waals surface area contributed by atoms with Gasteiger partial charge in [-0.1, -0.05) is 32.8 Å². The lowest BCUT2D eigenvalue weighted by atomic mass is 10.1. The molecule has 2 N–H and O–H groups in total. The number of hydrogen-bond acceptors (Lipinski definition) is 3. The maximum Gasteiger partial charge on any atom is 0.241 e. The second kappa shape index (κ2) is 8.12. The van der Waals surface area contributed by atoms with Crippen LogP contribution in [0.15, 0.2) is 27.6 Å². The van der Waals surface area contributed by atoms with Gasteiger partial charge in [-0.05, 0) is 46.0 Å². The number of nitrogens with one attached hydrogen (secondary N) is 1.